The van der Waals surface area contributed by atoms with Crippen molar-refractivity contribution in [2.75, 3.05) is 6.54 Å². The highest BCUT2D eigenvalue weighted by molar-refractivity contribution is 5.95. The van der Waals surface area contributed by atoms with Gasteiger partial charge < -0.3 is 0 Å². The average Bonchev–Trinajstić information content (AvgIpc) is 2.16. The number of hydrogen-bond acceptors (Lipinski definition) is 4. The summed E-state index contributed by atoms with van der Waals surface area (Å²) in [6, 6.07) is 0. The Morgan fingerprint density at radius 2 is 2.00 bits per heavy atom. The maximum absolute atomic E-state index is 10.2. The molecule has 0 rings (SSSR count). The van der Waals surface area contributed by atoms with Crippen molar-refractivity contribution in [3.8, 4) is 0 Å². The van der Waals surface area contributed by atoms with Crippen molar-refractivity contribution in [3.05, 3.63) is 24.8 Å². The molecule has 74 valence electrons. The summed E-state index contributed by atoms with van der Waals surface area (Å²) < 4.78 is 0. The van der Waals surface area contributed by atoms with Crippen molar-refractivity contribution in [3.63, 3.8) is 0 Å². The highest BCUT2D eigenvalue weighted by Gasteiger charge is 1.94. The predicted molar refractivity (Wildman–Crippen MR) is 51.1 cm³/mol. The molecule has 0 radical (unpaired) electrons. The number of aliphatic imine (C=N–C) groups is 2. The topological polar surface area (TPSA) is 75.9 Å². The number of rotatable bonds is 3. The van der Waals surface area contributed by atoms with Crippen LogP contribution in [0.25, 0.3) is 0 Å². The lowest BCUT2D eigenvalue weighted by Crippen LogP contribution is -1.90. The van der Waals surface area contributed by atoms with Gasteiger partial charge >= 0.3 is 0 Å². The van der Waals surface area contributed by atoms with E-state index in [1.165, 1.54) is 19.1 Å². The van der Waals surface area contributed by atoms with E-state index in [0.717, 1.165) is 6.08 Å². The maximum atomic E-state index is 10.2. The lowest BCUT2D eigenvalue weighted by atomic mass is 10.3. The van der Waals surface area contributed by atoms with Gasteiger partial charge in [0.05, 0.1) is 6.54 Å². The van der Waals surface area contributed by atoms with Gasteiger partial charge in [0.2, 0.25) is 12.2 Å². The van der Waals surface area contributed by atoms with Crippen LogP contribution in [0, 0.1) is 0 Å². The second-order valence-corrected chi connectivity index (χ2v) is 2.01. The van der Waals surface area contributed by atoms with E-state index in [1.807, 2.05) is 0 Å². The third kappa shape index (κ3) is 12.6. The third-order valence-electron chi connectivity index (χ3n) is 0.797. The van der Waals surface area contributed by atoms with Gasteiger partial charge in [0.1, 0.15) is 0 Å². The molecule has 14 heavy (non-hydrogen) atoms. The molecule has 0 heterocycles. The van der Waals surface area contributed by atoms with E-state index in [1.54, 1.807) is 0 Å². The zero-order chi connectivity index (χ0) is 11.4. The van der Waals surface area contributed by atoms with E-state index >= 15 is 0 Å². The van der Waals surface area contributed by atoms with Crippen molar-refractivity contribution in [1.29, 1.82) is 0 Å². The SMILES string of the molecule is C=C(C)C(=O)N=C=O.C=CCN=C=O. The molecule has 0 aliphatic heterocycles. The fraction of sp³-hybridized carbons (Fsp3) is 0.222. The van der Waals surface area contributed by atoms with Gasteiger partial charge in [-0.05, 0) is 6.92 Å². The zero-order valence-electron chi connectivity index (χ0n) is 7.82. The van der Waals surface area contributed by atoms with Crippen LogP contribution >= 0.6 is 0 Å². The van der Waals surface area contributed by atoms with Crippen LogP contribution in [0.15, 0.2) is 34.8 Å². The zero-order valence-corrected chi connectivity index (χ0v) is 7.82. The van der Waals surface area contributed by atoms with Gasteiger partial charge in [0, 0.05) is 5.57 Å². The molecule has 5 heteroatoms. The quantitative estimate of drug-likeness (QED) is 0.290. The summed E-state index contributed by atoms with van der Waals surface area (Å²) in [6.45, 7) is 8.43. The molecular formula is C9H10N2O3. The first-order chi connectivity index (χ1) is 6.59. The van der Waals surface area contributed by atoms with Gasteiger partial charge in [0.25, 0.3) is 5.91 Å². The largest absolute Gasteiger partial charge is 0.282 e. The fourth-order valence-electron chi connectivity index (χ4n) is 0.239. The highest BCUT2D eigenvalue weighted by Crippen LogP contribution is 1.87. The van der Waals surface area contributed by atoms with E-state index < -0.39 is 5.91 Å². The van der Waals surface area contributed by atoms with Crippen LogP contribution in [0.4, 0.5) is 0 Å². The Morgan fingerprint density at radius 1 is 1.43 bits per heavy atom. The Balaban J connectivity index is 0. The Labute approximate surface area is 81.6 Å². The first kappa shape index (κ1) is 14.4. The molecule has 1 amide bonds. The summed E-state index contributed by atoms with van der Waals surface area (Å²) in [6.07, 6.45) is 4.02. The molecule has 0 unspecified atom stereocenters. The smallest absolute Gasteiger partial charge is 0.266 e. The number of nitrogens with zero attached hydrogens (tertiary/aromatic N) is 2. The molecule has 0 bridgehead atoms. The van der Waals surface area contributed by atoms with Gasteiger partial charge in [0.15, 0.2) is 0 Å². The molecule has 0 aromatic carbocycles. The maximum Gasteiger partial charge on any atom is 0.282 e. The van der Waals surface area contributed by atoms with E-state index in [4.69, 9.17) is 0 Å². The molecule has 0 aliphatic carbocycles. The molecular weight excluding hydrogens is 184 g/mol. The minimum atomic E-state index is -0.611. The second-order valence-electron chi connectivity index (χ2n) is 2.01. The molecule has 0 spiro atoms. The van der Waals surface area contributed by atoms with Crippen molar-refractivity contribution < 1.29 is 14.4 Å². The third-order valence-corrected chi connectivity index (χ3v) is 0.797. The van der Waals surface area contributed by atoms with Crippen LogP contribution in [0.2, 0.25) is 0 Å². The van der Waals surface area contributed by atoms with E-state index in [2.05, 4.69) is 23.1 Å². The molecule has 0 atom stereocenters. The molecule has 0 saturated carbocycles. The van der Waals surface area contributed by atoms with Crippen LogP contribution in [-0.4, -0.2) is 24.6 Å². The fourth-order valence-corrected chi connectivity index (χ4v) is 0.239. The lowest BCUT2D eigenvalue weighted by Gasteiger charge is -1.80. The van der Waals surface area contributed by atoms with Gasteiger partial charge in [-0.15, -0.1) is 11.6 Å². The van der Waals surface area contributed by atoms with Crippen LogP contribution in [-0.2, 0) is 14.4 Å². The lowest BCUT2D eigenvalue weighted by molar-refractivity contribution is -0.114. The predicted octanol–water partition coefficient (Wildman–Crippen LogP) is 0.933. The van der Waals surface area contributed by atoms with Crippen LogP contribution < -0.4 is 0 Å². The first-order valence-electron chi connectivity index (χ1n) is 3.52. The van der Waals surface area contributed by atoms with Crippen molar-refractivity contribution in [2.24, 2.45) is 9.98 Å². The molecule has 0 aromatic rings. The van der Waals surface area contributed by atoms with Crippen LogP contribution in [0.5, 0.6) is 0 Å². The average molecular weight is 194 g/mol. The minimum absolute atomic E-state index is 0.244. The Morgan fingerprint density at radius 3 is 2.14 bits per heavy atom. The molecule has 0 aliphatic rings. The Hall–Kier alpha value is -2.09. The second kappa shape index (κ2) is 10.9. The molecule has 0 saturated heterocycles. The van der Waals surface area contributed by atoms with Crippen LogP contribution in [0.1, 0.15) is 6.92 Å². The van der Waals surface area contributed by atoms with E-state index in [9.17, 15) is 14.4 Å². The molecule has 0 fully saturated rings. The monoisotopic (exact) mass is 194 g/mol. The summed E-state index contributed by atoms with van der Waals surface area (Å²) in [4.78, 5) is 34.8. The Bertz CT molecular complexity index is 304. The number of isocyanates is 2. The minimum Gasteiger partial charge on any atom is -0.266 e. The molecule has 0 aromatic heterocycles. The van der Waals surface area contributed by atoms with Crippen molar-refractivity contribution in [1.82, 2.24) is 0 Å². The molecule has 0 N–H and O–H groups in total. The van der Waals surface area contributed by atoms with Crippen molar-refractivity contribution in [2.45, 2.75) is 6.92 Å². The first-order valence-corrected chi connectivity index (χ1v) is 3.52. The molecule has 5 nitrogen and oxygen atoms in total. The summed E-state index contributed by atoms with van der Waals surface area (Å²) in [5.74, 6) is -0.611. The van der Waals surface area contributed by atoms with E-state index in [-0.39, 0.29) is 5.57 Å². The number of carbonyl (C=O) groups is 1. The normalized spacial score (nSPS) is 6.64. The van der Waals surface area contributed by atoms with Gasteiger partial charge in [-0.3, -0.25) is 4.79 Å². The number of hydrogen-bond donors (Lipinski definition) is 0. The highest BCUT2D eigenvalue weighted by atomic mass is 16.2. The van der Waals surface area contributed by atoms with Gasteiger partial charge in [-0.2, -0.15) is 0 Å². The summed E-state index contributed by atoms with van der Waals surface area (Å²) >= 11 is 0. The standard InChI is InChI=1S/C5H5NO2.C4H5NO/c1-4(2)5(8)6-3-7;1-2-3-5-4-6/h1H2,2H3;2H,1,3H2. The van der Waals surface area contributed by atoms with Gasteiger partial charge in [-0.1, -0.05) is 12.7 Å². The van der Waals surface area contributed by atoms with Crippen LogP contribution in [0.3, 0.4) is 0 Å². The Kier molecular flexibility index (Phi) is 11.2. The summed E-state index contributed by atoms with van der Waals surface area (Å²) in [5.41, 5.74) is 0.244. The summed E-state index contributed by atoms with van der Waals surface area (Å²) in [7, 11) is 0. The summed E-state index contributed by atoms with van der Waals surface area (Å²) in [5, 5.41) is 0. The van der Waals surface area contributed by atoms with E-state index in [0.29, 0.717) is 6.54 Å². The van der Waals surface area contributed by atoms with Gasteiger partial charge in [-0.25, -0.2) is 14.6 Å². The number of amides is 1. The number of carbonyl (C=O) groups excluding carboxylic acids is 3. The van der Waals surface area contributed by atoms with Crippen molar-refractivity contribution >= 4 is 18.1 Å².